The van der Waals surface area contributed by atoms with E-state index in [9.17, 15) is 4.79 Å². The van der Waals surface area contributed by atoms with Crippen molar-refractivity contribution in [3.05, 3.63) is 95.1 Å². The van der Waals surface area contributed by atoms with Gasteiger partial charge >= 0.3 is 5.97 Å². The molecule has 0 fully saturated rings. The SMILES string of the molecule is CCc1cc(C(=O)OC)c(OCc2ccccc2)cc1OCc1ccccc1. The molecule has 0 aromatic heterocycles. The normalized spacial score (nSPS) is 10.4. The average molecular weight is 376 g/mol. The molecule has 0 radical (unpaired) electrons. The molecule has 4 heteroatoms. The van der Waals surface area contributed by atoms with Crippen LogP contribution in [0.1, 0.15) is 34.0 Å². The van der Waals surface area contributed by atoms with Gasteiger partial charge in [-0.25, -0.2) is 4.79 Å². The summed E-state index contributed by atoms with van der Waals surface area (Å²) < 4.78 is 16.9. The molecule has 3 aromatic rings. The largest absolute Gasteiger partial charge is 0.488 e. The van der Waals surface area contributed by atoms with Crippen molar-refractivity contribution < 1.29 is 19.0 Å². The minimum absolute atomic E-state index is 0.356. The van der Waals surface area contributed by atoms with E-state index in [2.05, 4.69) is 0 Å². The summed E-state index contributed by atoms with van der Waals surface area (Å²) in [5.41, 5.74) is 3.43. The fourth-order valence-corrected chi connectivity index (χ4v) is 2.88. The zero-order chi connectivity index (χ0) is 19.8. The van der Waals surface area contributed by atoms with E-state index in [4.69, 9.17) is 14.2 Å². The Balaban J connectivity index is 1.87. The Kier molecular flexibility index (Phi) is 6.68. The van der Waals surface area contributed by atoms with Crippen LogP contribution in [-0.4, -0.2) is 13.1 Å². The van der Waals surface area contributed by atoms with Gasteiger partial charge in [-0.1, -0.05) is 67.6 Å². The molecule has 0 saturated heterocycles. The zero-order valence-electron chi connectivity index (χ0n) is 16.2. The first-order valence-electron chi connectivity index (χ1n) is 9.30. The van der Waals surface area contributed by atoms with E-state index in [1.54, 1.807) is 12.1 Å². The summed E-state index contributed by atoms with van der Waals surface area (Å²) in [6.45, 7) is 2.83. The molecule has 0 atom stereocenters. The number of methoxy groups -OCH3 is 1. The summed E-state index contributed by atoms with van der Waals surface area (Å²) in [7, 11) is 1.37. The summed E-state index contributed by atoms with van der Waals surface area (Å²) in [4.78, 5) is 12.3. The predicted octanol–water partition coefficient (Wildman–Crippen LogP) is 5.19. The minimum Gasteiger partial charge on any atom is -0.488 e. The Morgan fingerprint density at radius 3 is 1.82 bits per heavy atom. The highest BCUT2D eigenvalue weighted by Gasteiger charge is 2.18. The second kappa shape index (κ2) is 9.60. The van der Waals surface area contributed by atoms with Gasteiger partial charge in [0.05, 0.1) is 7.11 Å². The lowest BCUT2D eigenvalue weighted by Crippen LogP contribution is -2.08. The first-order chi connectivity index (χ1) is 13.7. The summed E-state index contributed by atoms with van der Waals surface area (Å²) in [5, 5.41) is 0. The number of benzene rings is 3. The number of esters is 1. The number of hydrogen-bond acceptors (Lipinski definition) is 4. The van der Waals surface area contributed by atoms with Crippen LogP contribution in [0.3, 0.4) is 0 Å². The van der Waals surface area contributed by atoms with Crippen LogP contribution in [0.2, 0.25) is 0 Å². The van der Waals surface area contributed by atoms with E-state index in [1.807, 2.05) is 67.6 Å². The van der Waals surface area contributed by atoms with Crippen LogP contribution in [0.15, 0.2) is 72.8 Å². The molecule has 144 valence electrons. The highest BCUT2D eigenvalue weighted by Crippen LogP contribution is 2.31. The topological polar surface area (TPSA) is 44.8 Å². The molecule has 3 rings (SSSR count). The molecular formula is C24H24O4. The monoisotopic (exact) mass is 376 g/mol. The number of carbonyl (C=O) groups excluding carboxylic acids is 1. The van der Waals surface area contributed by atoms with Gasteiger partial charge in [0.2, 0.25) is 0 Å². The molecule has 0 amide bonds. The first kappa shape index (κ1) is 19.5. The van der Waals surface area contributed by atoms with Crippen LogP contribution in [0.5, 0.6) is 11.5 Å². The van der Waals surface area contributed by atoms with Gasteiger partial charge in [0.25, 0.3) is 0 Å². The second-order valence-corrected chi connectivity index (χ2v) is 6.35. The van der Waals surface area contributed by atoms with Gasteiger partial charge in [-0.15, -0.1) is 0 Å². The van der Waals surface area contributed by atoms with Crippen LogP contribution in [0, 0.1) is 0 Å². The maximum atomic E-state index is 12.3. The van der Waals surface area contributed by atoms with Crippen LogP contribution >= 0.6 is 0 Å². The van der Waals surface area contributed by atoms with Gasteiger partial charge in [-0.3, -0.25) is 0 Å². The summed E-state index contributed by atoms with van der Waals surface area (Å²) in [6, 6.07) is 23.4. The number of carbonyl (C=O) groups is 1. The molecule has 0 saturated carbocycles. The highest BCUT2D eigenvalue weighted by molar-refractivity contribution is 5.93. The van der Waals surface area contributed by atoms with Gasteiger partial charge in [-0.05, 0) is 29.2 Å². The van der Waals surface area contributed by atoms with Crippen LogP contribution < -0.4 is 9.47 Å². The summed E-state index contributed by atoms with van der Waals surface area (Å²) in [6.07, 6.45) is 0.729. The molecule has 0 unspecified atom stereocenters. The lowest BCUT2D eigenvalue weighted by atomic mass is 10.1. The Labute approximate surface area is 165 Å². The number of rotatable bonds is 8. The van der Waals surface area contributed by atoms with E-state index < -0.39 is 5.97 Å². The van der Waals surface area contributed by atoms with Gasteiger partial charge in [0.1, 0.15) is 30.3 Å². The fourth-order valence-electron chi connectivity index (χ4n) is 2.88. The lowest BCUT2D eigenvalue weighted by molar-refractivity contribution is 0.0595. The van der Waals surface area contributed by atoms with E-state index in [-0.39, 0.29) is 0 Å². The van der Waals surface area contributed by atoms with Crippen molar-refractivity contribution >= 4 is 5.97 Å². The predicted molar refractivity (Wildman–Crippen MR) is 109 cm³/mol. The standard InChI is InChI=1S/C24H24O4/c1-3-20-14-21(24(25)26-2)23(28-17-19-12-8-5-9-13-19)15-22(20)27-16-18-10-6-4-7-11-18/h4-15H,3,16-17H2,1-2H3. The quantitative estimate of drug-likeness (QED) is 0.507. The van der Waals surface area contributed by atoms with Crippen LogP contribution in [-0.2, 0) is 24.4 Å². The van der Waals surface area contributed by atoms with Crippen molar-refractivity contribution in [3.8, 4) is 11.5 Å². The molecule has 0 aliphatic carbocycles. The Morgan fingerprint density at radius 2 is 1.32 bits per heavy atom. The number of aryl methyl sites for hydroxylation is 1. The summed E-state index contributed by atoms with van der Waals surface area (Å²) >= 11 is 0. The van der Waals surface area contributed by atoms with E-state index in [1.165, 1.54) is 7.11 Å². The Hall–Kier alpha value is -3.27. The van der Waals surface area contributed by atoms with E-state index in [0.717, 1.165) is 23.1 Å². The smallest absolute Gasteiger partial charge is 0.341 e. The maximum absolute atomic E-state index is 12.3. The lowest BCUT2D eigenvalue weighted by Gasteiger charge is -2.16. The van der Waals surface area contributed by atoms with Crippen molar-refractivity contribution in [2.24, 2.45) is 0 Å². The van der Waals surface area contributed by atoms with E-state index in [0.29, 0.717) is 30.3 Å². The highest BCUT2D eigenvalue weighted by atomic mass is 16.5. The molecule has 3 aromatic carbocycles. The Morgan fingerprint density at radius 1 is 0.786 bits per heavy atom. The van der Waals surface area contributed by atoms with E-state index >= 15 is 0 Å². The molecule has 0 spiro atoms. The van der Waals surface area contributed by atoms with Crippen LogP contribution in [0.25, 0.3) is 0 Å². The minimum atomic E-state index is -0.424. The molecule has 4 nitrogen and oxygen atoms in total. The fraction of sp³-hybridized carbons (Fsp3) is 0.208. The first-order valence-corrected chi connectivity index (χ1v) is 9.30. The van der Waals surface area contributed by atoms with Crippen molar-refractivity contribution in [2.45, 2.75) is 26.6 Å². The number of hydrogen-bond donors (Lipinski definition) is 0. The molecule has 28 heavy (non-hydrogen) atoms. The Bertz CT molecular complexity index is 905. The average Bonchev–Trinajstić information content (AvgIpc) is 2.76. The second-order valence-electron chi connectivity index (χ2n) is 6.35. The maximum Gasteiger partial charge on any atom is 0.341 e. The molecule has 0 aliphatic rings. The third-order valence-electron chi connectivity index (χ3n) is 4.42. The molecular weight excluding hydrogens is 352 g/mol. The van der Waals surface area contributed by atoms with Crippen LogP contribution in [0.4, 0.5) is 0 Å². The molecule has 0 bridgehead atoms. The van der Waals surface area contributed by atoms with Gasteiger partial charge in [0.15, 0.2) is 0 Å². The number of ether oxygens (including phenoxy) is 3. The zero-order valence-corrected chi connectivity index (χ0v) is 16.2. The molecule has 0 aliphatic heterocycles. The van der Waals surface area contributed by atoms with Crippen molar-refractivity contribution in [2.75, 3.05) is 7.11 Å². The van der Waals surface area contributed by atoms with Crippen molar-refractivity contribution in [1.82, 2.24) is 0 Å². The van der Waals surface area contributed by atoms with Gasteiger partial charge in [0, 0.05) is 6.07 Å². The summed E-state index contributed by atoms with van der Waals surface area (Å²) in [5.74, 6) is 0.741. The van der Waals surface area contributed by atoms with Gasteiger partial charge < -0.3 is 14.2 Å². The molecule has 0 N–H and O–H groups in total. The third kappa shape index (κ3) is 4.92. The van der Waals surface area contributed by atoms with Crippen molar-refractivity contribution in [3.63, 3.8) is 0 Å². The molecule has 0 heterocycles. The van der Waals surface area contributed by atoms with Gasteiger partial charge in [-0.2, -0.15) is 0 Å². The third-order valence-corrected chi connectivity index (χ3v) is 4.42. The van der Waals surface area contributed by atoms with Crippen molar-refractivity contribution in [1.29, 1.82) is 0 Å².